The summed E-state index contributed by atoms with van der Waals surface area (Å²) in [5.74, 6) is 0.215. The van der Waals surface area contributed by atoms with Gasteiger partial charge in [-0.25, -0.2) is 4.98 Å². The number of rotatable bonds is 3. The molecule has 6 nitrogen and oxygen atoms in total. The molecule has 0 fully saturated rings. The smallest absolute Gasteiger partial charge is 0.191 e. The lowest BCUT2D eigenvalue weighted by Crippen LogP contribution is -2.28. The topological polar surface area (TPSA) is 88.2 Å². The third-order valence-electron chi connectivity index (χ3n) is 2.87. The van der Waals surface area contributed by atoms with Crippen molar-refractivity contribution in [1.82, 2.24) is 15.4 Å². The van der Waals surface area contributed by atoms with Gasteiger partial charge in [0.05, 0.1) is 6.20 Å². The van der Waals surface area contributed by atoms with E-state index in [4.69, 9.17) is 18.0 Å². The summed E-state index contributed by atoms with van der Waals surface area (Å²) in [4.78, 5) is 7.96. The van der Waals surface area contributed by atoms with Crippen LogP contribution in [0.1, 0.15) is 16.8 Å². The van der Waals surface area contributed by atoms with E-state index >= 15 is 0 Å². The van der Waals surface area contributed by atoms with Crippen LogP contribution in [0, 0.1) is 13.8 Å². The Balaban J connectivity index is 1.97. The number of nitrogens with two attached hydrogens (primary N) is 1. The molecule has 1 aromatic heterocycles. The number of hydrogen-bond donors (Lipinski definition) is 3. The Labute approximate surface area is 128 Å². The molecule has 2 rings (SSSR count). The zero-order chi connectivity index (χ0) is 15.2. The van der Waals surface area contributed by atoms with Crippen LogP contribution in [0.25, 0.3) is 0 Å². The lowest BCUT2D eigenvalue weighted by molar-refractivity contribution is 1.02. The molecule has 1 aromatic carbocycles. The van der Waals surface area contributed by atoms with Crippen molar-refractivity contribution in [3.8, 4) is 0 Å². The first kappa shape index (κ1) is 14.9. The second-order valence-corrected chi connectivity index (χ2v) is 4.86. The Bertz CT molecular complexity index is 668. The highest BCUT2D eigenvalue weighted by Crippen LogP contribution is 2.13. The zero-order valence-electron chi connectivity index (χ0n) is 11.8. The second-order valence-electron chi connectivity index (χ2n) is 4.45. The molecule has 0 saturated carbocycles. The van der Waals surface area contributed by atoms with Crippen LogP contribution in [0.3, 0.4) is 0 Å². The van der Waals surface area contributed by atoms with Crippen LogP contribution >= 0.6 is 12.2 Å². The summed E-state index contributed by atoms with van der Waals surface area (Å²) in [5, 5.41) is 7.36. The highest BCUT2D eigenvalue weighted by Gasteiger charge is 2.01. The molecule has 0 unspecified atom stereocenters. The van der Waals surface area contributed by atoms with Gasteiger partial charge in [0.1, 0.15) is 5.69 Å². The van der Waals surface area contributed by atoms with E-state index < -0.39 is 0 Å². The number of thiocarbonyl (C=S) groups is 1. The average Bonchev–Trinajstić information content (AvgIpc) is 2.49. The first-order valence-corrected chi connectivity index (χ1v) is 6.71. The van der Waals surface area contributed by atoms with Gasteiger partial charge in [0.25, 0.3) is 0 Å². The van der Waals surface area contributed by atoms with Crippen LogP contribution in [0.15, 0.2) is 41.9 Å². The van der Waals surface area contributed by atoms with E-state index in [-0.39, 0.29) is 5.84 Å². The van der Waals surface area contributed by atoms with Crippen molar-refractivity contribution in [2.45, 2.75) is 13.8 Å². The van der Waals surface area contributed by atoms with E-state index in [2.05, 4.69) is 32.7 Å². The van der Waals surface area contributed by atoms with Gasteiger partial charge in [0, 0.05) is 18.1 Å². The lowest BCUT2D eigenvalue weighted by atomic mass is 10.1. The van der Waals surface area contributed by atoms with E-state index in [0.717, 1.165) is 5.69 Å². The van der Waals surface area contributed by atoms with Crippen LogP contribution in [0.2, 0.25) is 0 Å². The molecule has 0 radical (unpaired) electrons. The maximum Gasteiger partial charge on any atom is 0.191 e. The summed E-state index contributed by atoms with van der Waals surface area (Å²) >= 11 is 5.16. The van der Waals surface area contributed by atoms with Crippen molar-refractivity contribution in [2.75, 3.05) is 5.32 Å². The molecule has 0 spiro atoms. The molecule has 0 aliphatic heterocycles. The third-order valence-corrected chi connectivity index (χ3v) is 3.06. The molecule has 0 saturated heterocycles. The lowest BCUT2D eigenvalue weighted by Gasteiger charge is -2.09. The molecule has 0 amide bonds. The second kappa shape index (κ2) is 6.76. The normalized spacial score (nSPS) is 11.0. The highest BCUT2D eigenvalue weighted by atomic mass is 32.1. The van der Waals surface area contributed by atoms with E-state index in [1.165, 1.54) is 17.3 Å². The van der Waals surface area contributed by atoms with Gasteiger partial charge in [-0.1, -0.05) is 6.07 Å². The largest absolute Gasteiger partial charge is 0.380 e. The number of aromatic nitrogens is 2. The van der Waals surface area contributed by atoms with Gasteiger partial charge in [-0.3, -0.25) is 10.4 Å². The molecular weight excluding hydrogens is 284 g/mol. The first-order chi connectivity index (χ1) is 10.1. The molecule has 7 heteroatoms. The van der Waals surface area contributed by atoms with Crippen molar-refractivity contribution < 1.29 is 0 Å². The van der Waals surface area contributed by atoms with E-state index in [0.29, 0.717) is 10.8 Å². The summed E-state index contributed by atoms with van der Waals surface area (Å²) in [5.41, 5.74) is 12.2. The standard InChI is InChI=1S/C14H16N6S/c1-9-3-4-11(7-10(9)2)18-14(21)20-19-13(15)12-8-16-5-6-17-12/h3-8H,1-2H3,(H2,15,19)(H2,18,20,21). The first-order valence-electron chi connectivity index (χ1n) is 6.30. The summed E-state index contributed by atoms with van der Waals surface area (Å²) in [6, 6.07) is 5.99. The van der Waals surface area contributed by atoms with Gasteiger partial charge in [-0.2, -0.15) is 5.10 Å². The number of amidine groups is 1. The van der Waals surface area contributed by atoms with Gasteiger partial charge in [0.15, 0.2) is 10.9 Å². The third kappa shape index (κ3) is 4.22. The Hall–Kier alpha value is -2.54. The summed E-state index contributed by atoms with van der Waals surface area (Å²) in [6.07, 6.45) is 4.64. The number of hydrazone groups is 1. The Morgan fingerprint density at radius 1 is 1.24 bits per heavy atom. The van der Waals surface area contributed by atoms with Crippen LogP contribution in [0.4, 0.5) is 5.69 Å². The van der Waals surface area contributed by atoms with Gasteiger partial charge < -0.3 is 11.1 Å². The Morgan fingerprint density at radius 3 is 2.71 bits per heavy atom. The zero-order valence-corrected chi connectivity index (χ0v) is 12.6. The van der Waals surface area contributed by atoms with E-state index in [9.17, 15) is 0 Å². The summed E-state index contributed by atoms with van der Waals surface area (Å²) < 4.78 is 0. The number of nitrogens with zero attached hydrogens (tertiary/aromatic N) is 3. The van der Waals surface area contributed by atoms with Gasteiger partial charge in [-0.15, -0.1) is 0 Å². The quantitative estimate of drug-likeness (QED) is 0.346. The van der Waals surface area contributed by atoms with Crippen molar-refractivity contribution in [3.05, 3.63) is 53.6 Å². The minimum Gasteiger partial charge on any atom is -0.380 e. The molecule has 21 heavy (non-hydrogen) atoms. The van der Waals surface area contributed by atoms with Crippen LogP contribution in [-0.2, 0) is 0 Å². The predicted octanol–water partition coefficient (Wildman–Crippen LogP) is 1.70. The molecular formula is C14H16N6S. The van der Waals surface area contributed by atoms with Crippen LogP contribution < -0.4 is 16.5 Å². The Morgan fingerprint density at radius 2 is 2.05 bits per heavy atom. The molecule has 4 N–H and O–H groups in total. The number of aryl methyl sites for hydroxylation is 2. The molecule has 1 heterocycles. The number of nitrogens with one attached hydrogen (secondary N) is 2. The van der Waals surface area contributed by atoms with Crippen LogP contribution in [-0.4, -0.2) is 20.9 Å². The summed E-state index contributed by atoms with van der Waals surface area (Å²) in [6.45, 7) is 4.10. The van der Waals surface area contributed by atoms with Crippen molar-refractivity contribution in [3.63, 3.8) is 0 Å². The summed E-state index contributed by atoms with van der Waals surface area (Å²) in [7, 11) is 0. The highest BCUT2D eigenvalue weighted by molar-refractivity contribution is 7.80. The van der Waals surface area contributed by atoms with Crippen molar-refractivity contribution in [2.24, 2.45) is 10.8 Å². The minimum absolute atomic E-state index is 0.215. The molecule has 0 atom stereocenters. The van der Waals surface area contributed by atoms with Crippen molar-refractivity contribution >= 4 is 28.9 Å². The maximum absolute atomic E-state index is 5.78. The van der Waals surface area contributed by atoms with Crippen molar-refractivity contribution in [1.29, 1.82) is 0 Å². The fraction of sp³-hybridized carbons (Fsp3) is 0.143. The van der Waals surface area contributed by atoms with Crippen LogP contribution in [0.5, 0.6) is 0 Å². The number of hydrogen-bond acceptors (Lipinski definition) is 4. The molecule has 108 valence electrons. The minimum atomic E-state index is 0.215. The predicted molar refractivity (Wildman–Crippen MR) is 88.0 cm³/mol. The number of anilines is 1. The van der Waals surface area contributed by atoms with Gasteiger partial charge in [0.2, 0.25) is 0 Å². The maximum atomic E-state index is 5.78. The molecule has 0 aliphatic rings. The fourth-order valence-electron chi connectivity index (χ4n) is 1.58. The average molecular weight is 300 g/mol. The fourth-order valence-corrected chi connectivity index (χ4v) is 1.74. The van der Waals surface area contributed by atoms with Gasteiger partial charge >= 0.3 is 0 Å². The molecule has 0 bridgehead atoms. The molecule has 2 aromatic rings. The SMILES string of the molecule is Cc1ccc(NC(=S)N/N=C(\N)c2cnccn2)cc1C. The monoisotopic (exact) mass is 300 g/mol. The van der Waals surface area contributed by atoms with E-state index in [1.54, 1.807) is 12.4 Å². The van der Waals surface area contributed by atoms with E-state index in [1.807, 2.05) is 25.1 Å². The number of benzene rings is 1. The molecule has 0 aliphatic carbocycles. The van der Waals surface area contributed by atoms with Gasteiger partial charge in [-0.05, 0) is 49.3 Å². The Kier molecular flexibility index (Phi) is 4.78.